The highest BCUT2D eigenvalue weighted by molar-refractivity contribution is 7.15. The Morgan fingerprint density at radius 3 is 2.35 bits per heavy atom. The van der Waals surface area contributed by atoms with E-state index in [1.54, 1.807) is 11.3 Å². The van der Waals surface area contributed by atoms with E-state index in [2.05, 4.69) is 42.9 Å². The highest BCUT2D eigenvalue weighted by atomic mass is 35.5. The Kier molecular flexibility index (Phi) is 6.45. The summed E-state index contributed by atoms with van der Waals surface area (Å²) in [5, 5.41) is 4.66. The van der Waals surface area contributed by atoms with Gasteiger partial charge in [-0.1, -0.05) is 6.92 Å². The first-order valence-electron chi connectivity index (χ1n) is 5.74. The van der Waals surface area contributed by atoms with Crippen LogP contribution in [0.3, 0.4) is 0 Å². The maximum atomic E-state index is 4.54. The number of anilines is 1. The third-order valence-electron chi connectivity index (χ3n) is 2.88. The lowest BCUT2D eigenvalue weighted by Gasteiger charge is -2.24. The molecule has 1 aromatic heterocycles. The standard InChI is InChI=1S/C12H23N3S.ClH/c1-7-12(3,4)13-8-10-9(2)14-11(16-10)15(5)6;/h13H,7-8H2,1-6H3;1H. The average Bonchev–Trinajstić information content (AvgIpc) is 2.57. The Hall–Kier alpha value is -0.320. The van der Waals surface area contributed by atoms with Gasteiger partial charge in [-0.25, -0.2) is 4.98 Å². The summed E-state index contributed by atoms with van der Waals surface area (Å²) in [5.74, 6) is 0. The molecule has 0 unspecified atom stereocenters. The van der Waals surface area contributed by atoms with Crippen molar-refractivity contribution in [1.29, 1.82) is 0 Å². The van der Waals surface area contributed by atoms with Gasteiger partial charge < -0.3 is 10.2 Å². The molecule has 1 heterocycles. The molecule has 0 aliphatic carbocycles. The van der Waals surface area contributed by atoms with Gasteiger partial charge >= 0.3 is 0 Å². The number of thiazole rings is 1. The zero-order chi connectivity index (χ0) is 12.3. The number of hydrogen-bond donors (Lipinski definition) is 1. The normalized spacial score (nSPS) is 11.2. The van der Waals surface area contributed by atoms with Gasteiger partial charge in [0.05, 0.1) is 5.69 Å². The van der Waals surface area contributed by atoms with Crippen LogP contribution in [0.5, 0.6) is 0 Å². The van der Waals surface area contributed by atoms with E-state index in [9.17, 15) is 0 Å². The van der Waals surface area contributed by atoms with Crippen LogP contribution in [0.2, 0.25) is 0 Å². The van der Waals surface area contributed by atoms with Crippen molar-refractivity contribution in [3.05, 3.63) is 10.6 Å². The van der Waals surface area contributed by atoms with Crippen LogP contribution in [0.25, 0.3) is 0 Å². The second-order valence-corrected chi connectivity index (χ2v) is 6.05. The molecule has 0 aromatic carbocycles. The Balaban J connectivity index is 0.00000256. The van der Waals surface area contributed by atoms with Gasteiger partial charge in [-0.15, -0.1) is 23.7 Å². The number of aromatic nitrogens is 1. The Labute approximate surface area is 115 Å². The fraction of sp³-hybridized carbons (Fsp3) is 0.750. The first-order chi connectivity index (χ1) is 7.35. The zero-order valence-electron chi connectivity index (χ0n) is 11.6. The largest absolute Gasteiger partial charge is 0.354 e. The predicted molar refractivity (Wildman–Crippen MR) is 79.6 cm³/mol. The van der Waals surface area contributed by atoms with Crippen molar-refractivity contribution >= 4 is 28.9 Å². The van der Waals surface area contributed by atoms with E-state index in [1.165, 1.54) is 4.88 Å². The molecular formula is C12H24ClN3S. The third-order valence-corrected chi connectivity index (χ3v) is 4.20. The van der Waals surface area contributed by atoms with Crippen LogP contribution in [0.4, 0.5) is 5.13 Å². The topological polar surface area (TPSA) is 28.2 Å². The monoisotopic (exact) mass is 277 g/mol. The second kappa shape index (κ2) is 6.57. The van der Waals surface area contributed by atoms with Crippen LogP contribution in [0.15, 0.2) is 0 Å². The number of nitrogens with zero attached hydrogens (tertiary/aromatic N) is 2. The molecular weight excluding hydrogens is 254 g/mol. The third kappa shape index (κ3) is 4.82. The summed E-state index contributed by atoms with van der Waals surface area (Å²) < 4.78 is 0. The minimum Gasteiger partial charge on any atom is -0.354 e. The maximum Gasteiger partial charge on any atom is 0.185 e. The van der Waals surface area contributed by atoms with E-state index in [-0.39, 0.29) is 17.9 Å². The lowest BCUT2D eigenvalue weighted by atomic mass is 10.0. The van der Waals surface area contributed by atoms with Gasteiger partial charge in [0.15, 0.2) is 5.13 Å². The molecule has 1 N–H and O–H groups in total. The summed E-state index contributed by atoms with van der Waals surface area (Å²) in [6.45, 7) is 9.67. The summed E-state index contributed by atoms with van der Waals surface area (Å²) in [7, 11) is 4.07. The summed E-state index contributed by atoms with van der Waals surface area (Å²) in [5.41, 5.74) is 1.35. The lowest BCUT2D eigenvalue weighted by Crippen LogP contribution is -2.37. The molecule has 0 aliphatic rings. The molecule has 3 nitrogen and oxygen atoms in total. The number of halogens is 1. The molecule has 0 saturated carbocycles. The van der Waals surface area contributed by atoms with Gasteiger partial charge in [-0.05, 0) is 27.2 Å². The molecule has 1 aromatic rings. The smallest absolute Gasteiger partial charge is 0.185 e. The molecule has 0 atom stereocenters. The molecule has 1 rings (SSSR count). The first kappa shape index (κ1) is 16.7. The van der Waals surface area contributed by atoms with Gasteiger partial charge in [-0.3, -0.25) is 0 Å². The number of nitrogens with one attached hydrogen (secondary N) is 1. The summed E-state index contributed by atoms with van der Waals surface area (Å²) >= 11 is 1.77. The maximum absolute atomic E-state index is 4.54. The SMILES string of the molecule is CCC(C)(C)NCc1sc(N(C)C)nc1C.Cl. The van der Waals surface area contributed by atoms with Gasteiger partial charge in [0.2, 0.25) is 0 Å². The fourth-order valence-electron chi connectivity index (χ4n) is 1.21. The van der Waals surface area contributed by atoms with Gasteiger partial charge in [-0.2, -0.15) is 0 Å². The lowest BCUT2D eigenvalue weighted by molar-refractivity contribution is 0.375. The molecule has 0 bridgehead atoms. The van der Waals surface area contributed by atoms with Crippen LogP contribution in [0, 0.1) is 6.92 Å². The minimum atomic E-state index is 0. The summed E-state index contributed by atoms with van der Waals surface area (Å²) in [6, 6.07) is 0. The Morgan fingerprint density at radius 2 is 1.94 bits per heavy atom. The molecule has 0 amide bonds. The van der Waals surface area contributed by atoms with Crippen molar-refractivity contribution in [3.8, 4) is 0 Å². The Bertz CT molecular complexity index is 348. The number of hydrogen-bond acceptors (Lipinski definition) is 4. The molecule has 0 aliphatic heterocycles. The van der Waals surface area contributed by atoms with Crippen LogP contribution >= 0.6 is 23.7 Å². The zero-order valence-corrected chi connectivity index (χ0v) is 13.3. The van der Waals surface area contributed by atoms with Crippen LogP contribution < -0.4 is 10.2 Å². The quantitative estimate of drug-likeness (QED) is 0.896. The van der Waals surface area contributed by atoms with Crippen molar-refractivity contribution in [2.24, 2.45) is 0 Å². The van der Waals surface area contributed by atoms with Crippen molar-refractivity contribution < 1.29 is 0 Å². The van der Waals surface area contributed by atoms with Gasteiger partial charge in [0, 0.05) is 31.1 Å². The van der Waals surface area contributed by atoms with E-state index in [4.69, 9.17) is 0 Å². The van der Waals surface area contributed by atoms with E-state index < -0.39 is 0 Å². The summed E-state index contributed by atoms with van der Waals surface area (Å²) in [6.07, 6.45) is 1.13. The highest BCUT2D eigenvalue weighted by Gasteiger charge is 2.16. The van der Waals surface area contributed by atoms with Crippen LogP contribution in [-0.2, 0) is 6.54 Å². The average molecular weight is 278 g/mol. The van der Waals surface area contributed by atoms with Gasteiger partial charge in [0.25, 0.3) is 0 Å². The van der Waals surface area contributed by atoms with Crippen molar-refractivity contribution in [2.75, 3.05) is 19.0 Å². The van der Waals surface area contributed by atoms with E-state index >= 15 is 0 Å². The Morgan fingerprint density at radius 1 is 1.35 bits per heavy atom. The predicted octanol–water partition coefficient (Wildman–Crippen LogP) is 3.22. The molecule has 0 spiro atoms. The van der Waals surface area contributed by atoms with E-state index in [0.29, 0.717) is 0 Å². The van der Waals surface area contributed by atoms with E-state index in [1.807, 2.05) is 14.1 Å². The van der Waals surface area contributed by atoms with Gasteiger partial charge in [0.1, 0.15) is 0 Å². The summed E-state index contributed by atoms with van der Waals surface area (Å²) in [4.78, 5) is 7.94. The van der Waals surface area contributed by atoms with Crippen molar-refractivity contribution in [2.45, 2.75) is 46.2 Å². The van der Waals surface area contributed by atoms with Crippen LogP contribution in [0.1, 0.15) is 37.8 Å². The van der Waals surface area contributed by atoms with Crippen molar-refractivity contribution in [3.63, 3.8) is 0 Å². The molecule has 0 radical (unpaired) electrons. The van der Waals surface area contributed by atoms with Crippen LogP contribution in [-0.4, -0.2) is 24.6 Å². The fourth-order valence-corrected chi connectivity index (χ4v) is 2.14. The molecule has 17 heavy (non-hydrogen) atoms. The molecule has 0 saturated heterocycles. The molecule has 5 heteroatoms. The molecule has 100 valence electrons. The number of aryl methyl sites for hydroxylation is 1. The van der Waals surface area contributed by atoms with E-state index in [0.717, 1.165) is 23.8 Å². The molecule has 0 fully saturated rings. The highest BCUT2D eigenvalue weighted by Crippen LogP contribution is 2.24. The first-order valence-corrected chi connectivity index (χ1v) is 6.56. The number of rotatable bonds is 5. The minimum absolute atomic E-state index is 0. The second-order valence-electron chi connectivity index (χ2n) is 4.99. The van der Waals surface area contributed by atoms with Crippen molar-refractivity contribution in [1.82, 2.24) is 10.3 Å².